The number of aryl methyl sites for hydroxylation is 3. The van der Waals surface area contributed by atoms with Crippen molar-refractivity contribution in [3.63, 3.8) is 0 Å². The van der Waals surface area contributed by atoms with Crippen LogP contribution in [0.1, 0.15) is 27.8 Å². The minimum absolute atomic E-state index is 0.108. The van der Waals surface area contributed by atoms with Gasteiger partial charge in [0, 0.05) is 15.5 Å². The van der Waals surface area contributed by atoms with Crippen LogP contribution in [0, 0.1) is 43.4 Å². The normalized spacial score (nSPS) is 10.4. The third-order valence-corrected chi connectivity index (χ3v) is 5.94. The number of nitrogens with two attached hydrogens (primary N) is 1. The molecule has 1 heterocycles. The smallest absolute Gasteiger partial charge is 0.143 e. The van der Waals surface area contributed by atoms with E-state index in [1.807, 2.05) is 20.8 Å². The molecule has 6 heteroatoms. The van der Waals surface area contributed by atoms with Crippen molar-refractivity contribution in [2.75, 3.05) is 5.73 Å². The fourth-order valence-electron chi connectivity index (χ4n) is 3.20. The van der Waals surface area contributed by atoms with Crippen LogP contribution in [-0.4, -0.2) is 4.98 Å². The third kappa shape index (κ3) is 3.68. The van der Waals surface area contributed by atoms with E-state index in [9.17, 15) is 10.5 Å². The number of aromatic nitrogens is 1. The minimum Gasteiger partial charge on any atom is -0.383 e. The van der Waals surface area contributed by atoms with Crippen LogP contribution in [0.25, 0.3) is 11.1 Å². The van der Waals surface area contributed by atoms with E-state index in [4.69, 9.17) is 17.3 Å². The molecule has 0 spiro atoms. The van der Waals surface area contributed by atoms with E-state index in [-0.39, 0.29) is 11.4 Å². The highest BCUT2D eigenvalue weighted by molar-refractivity contribution is 7.99. The number of halogens is 1. The Labute approximate surface area is 173 Å². The van der Waals surface area contributed by atoms with Gasteiger partial charge in [-0.25, -0.2) is 4.98 Å². The molecule has 0 saturated heterocycles. The lowest BCUT2D eigenvalue weighted by molar-refractivity contribution is 1.10. The summed E-state index contributed by atoms with van der Waals surface area (Å²) in [6, 6.07) is 15.5. The molecule has 2 N–H and O–H groups in total. The number of hydrogen-bond donors (Lipinski definition) is 1. The van der Waals surface area contributed by atoms with E-state index >= 15 is 0 Å². The van der Waals surface area contributed by atoms with E-state index in [2.05, 4.69) is 29.3 Å². The monoisotopic (exact) mass is 404 g/mol. The van der Waals surface area contributed by atoms with Gasteiger partial charge in [-0.05, 0) is 49.6 Å². The molecule has 0 aliphatic rings. The summed E-state index contributed by atoms with van der Waals surface area (Å²) < 4.78 is 0. The summed E-state index contributed by atoms with van der Waals surface area (Å²) in [6.07, 6.45) is 0. The minimum atomic E-state index is 0.108. The van der Waals surface area contributed by atoms with Crippen LogP contribution in [0.15, 0.2) is 46.3 Å². The maximum Gasteiger partial charge on any atom is 0.143 e. The number of nitriles is 2. The summed E-state index contributed by atoms with van der Waals surface area (Å²) in [6.45, 7) is 6.11. The summed E-state index contributed by atoms with van der Waals surface area (Å²) in [7, 11) is 0. The van der Waals surface area contributed by atoms with Crippen molar-refractivity contribution in [1.82, 2.24) is 4.98 Å². The van der Waals surface area contributed by atoms with Crippen LogP contribution in [0.4, 0.5) is 5.82 Å². The van der Waals surface area contributed by atoms with Gasteiger partial charge < -0.3 is 5.73 Å². The first-order valence-corrected chi connectivity index (χ1v) is 9.70. The van der Waals surface area contributed by atoms with Gasteiger partial charge in [-0.2, -0.15) is 10.5 Å². The highest BCUT2D eigenvalue weighted by Gasteiger charge is 2.21. The number of hydrogen-bond acceptors (Lipinski definition) is 5. The lowest BCUT2D eigenvalue weighted by Crippen LogP contribution is -2.03. The standard InChI is InChI=1S/C22H17ClN4S/c1-12-8-13(2)20(14(3)9-12)28-22-18(11-25)19(17(10-24)21(26)27-22)15-4-6-16(23)7-5-15/h4-9H,1-3H3,(H2,26,27). The Morgan fingerprint density at radius 1 is 0.964 bits per heavy atom. The lowest BCUT2D eigenvalue weighted by atomic mass is 9.97. The fourth-order valence-corrected chi connectivity index (χ4v) is 4.35. The molecule has 0 fully saturated rings. The van der Waals surface area contributed by atoms with Crippen LogP contribution in [-0.2, 0) is 0 Å². The number of rotatable bonds is 3. The molecular formula is C22H17ClN4S. The number of pyridine rings is 1. The van der Waals surface area contributed by atoms with Crippen LogP contribution >= 0.6 is 23.4 Å². The Morgan fingerprint density at radius 2 is 1.54 bits per heavy atom. The molecular weight excluding hydrogens is 388 g/mol. The average Bonchev–Trinajstić information content (AvgIpc) is 2.64. The van der Waals surface area contributed by atoms with Crippen LogP contribution in [0.2, 0.25) is 5.02 Å². The van der Waals surface area contributed by atoms with Crippen molar-refractivity contribution in [1.29, 1.82) is 10.5 Å². The zero-order chi connectivity index (χ0) is 20.4. The zero-order valence-electron chi connectivity index (χ0n) is 15.7. The van der Waals surface area contributed by atoms with E-state index < -0.39 is 0 Å². The van der Waals surface area contributed by atoms with Gasteiger partial charge in [0.25, 0.3) is 0 Å². The van der Waals surface area contributed by atoms with Crippen molar-refractivity contribution < 1.29 is 0 Å². The predicted molar refractivity (Wildman–Crippen MR) is 113 cm³/mol. The molecule has 4 nitrogen and oxygen atoms in total. The molecule has 28 heavy (non-hydrogen) atoms. The molecule has 0 aliphatic carbocycles. The van der Waals surface area contributed by atoms with Gasteiger partial charge in [0.15, 0.2) is 0 Å². The molecule has 3 rings (SSSR count). The van der Waals surface area contributed by atoms with E-state index in [0.29, 0.717) is 26.7 Å². The first-order valence-electron chi connectivity index (χ1n) is 8.51. The second-order valence-corrected chi connectivity index (χ2v) is 7.92. The molecule has 0 bridgehead atoms. The highest BCUT2D eigenvalue weighted by Crippen LogP contribution is 2.40. The van der Waals surface area contributed by atoms with Gasteiger partial charge >= 0.3 is 0 Å². The maximum absolute atomic E-state index is 9.91. The summed E-state index contributed by atoms with van der Waals surface area (Å²) in [4.78, 5) is 5.42. The van der Waals surface area contributed by atoms with Crippen LogP contribution < -0.4 is 5.73 Å². The average molecular weight is 405 g/mol. The number of anilines is 1. The molecule has 0 radical (unpaired) electrons. The van der Waals surface area contributed by atoms with E-state index in [1.54, 1.807) is 24.3 Å². The van der Waals surface area contributed by atoms with Crippen molar-refractivity contribution in [3.8, 4) is 23.3 Å². The number of nitrogens with zero attached hydrogens (tertiary/aromatic N) is 3. The summed E-state index contributed by atoms with van der Waals surface area (Å²) in [5.41, 5.74) is 11.2. The SMILES string of the molecule is Cc1cc(C)c(Sc2nc(N)c(C#N)c(-c3ccc(Cl)cc3)c2C#N)c(C)c1. The second-order valence-electron chi connectivity index (χ2n) is 6.49. The summed E-state index contributed by atoms with van der Waals surface area (Å²) >= 11 is 7.39. The van der Waals surface area contributed by atoms with Gasteiger partial charge in [0.1, 0.15) is 28.5 Å². The quantitative estimate of drug-likeness (QED) is 0.595. The summed E-state index contributed by atoms with van der Waals surface area (Å²) in [5, 5.41) is 20.6. The molecule has 138 valence electrons. The van der Waals surface area contributed by atoms with Crippen LogP contribution in [0.3, 0.4) is 0 Å². The topological polar surface area (TPSA) is 86.5 Å². The van der Waals surface area contributed by atoms with Crippen LogP contribution in [0.5, 0.6) is 0 Å². The van der Waals surface area contributed by atoms with Crippen molar-refractivity contribution in [2.45, 2.75) is 30.7 Å². The lowest BCUT2D eigenvalue weighted by Gasteiger charge is -2.15. The molecule has 1 aromatic heterocycles. The van der Waals surface area contributed by atoms with Gasteiger partial charge in [-0.3, -0.25) is 0 Å². The number of nitrogen functional groups attached to an aromatic ring is 1. The fraction of sp³-hybridized carbons (Fsp3) is 0.136. The molecule has 0 atom stereocenters. The van der Waals surface area contributed by atoms with Gasteiger partial charge in [0.05, 0.1) is 5.56 Å². The Hall–Kier alpha value is -2.99. The third-order valence-electron chi connectivity index (χ3n) is 4.35. The molecule has 0 saturated carbocycles. The Morgan fingerprint density at radius 3 is 2.07 bits per heavy atom. The maximum atomic E-state index is 9.91. The van der Waals surface area contributed by atoms with Crippen molar-refractivity contribution in [3.05, 3.63) is 69.2 Å². The first kappa shape index (κ1) is 19.8. The Balaban J connectivity index is 2.26. The highest BCUT2D eigenvalue weighted by atomic mass is 35.5. The number of benzene rings is 2. The Kier molecular flexibility index (Phi) is 5.61. The predicted octanol–water partition coefficient (Wildman–Crippen LogP) is 5.80. The summed E-state index contributed by atoms with van der Waals surface area (Å²) in [5.74, 6) is 0.108. The molecule has 0 aliphatic heterocycles. The van der Waals surface area contributed by atoms with Gasteiger partial charge in [-0.15, -0.1) is 0 Å². The Bertz CT molecular complexity index is 1130. The largest absolute Gasteiger partial charge is 0.383 e. The van der Waals surface area contributed by atoms with E-state index in [1.165, 1.54) is 17.3 Å². The molecule has 2 aromatic carbocycles. The van der Waals surface area contributed by atoms with Gasteiger partial charge in [-0.1, -0.05) is 53.2 Å². The van der Waals surface area contributed by atoms with Gasteiger partial charge in [0.2, 0.25) is 0 Å². The van der Waals surface area contributed by atoms with Crippen molar-refractivity contribution in [2.24, 2.45) is 0 Å². The van der Waals surface area contributed by atoms with E-state index in [0.717, 1.165) is 16.0 Å². The molecule has 3 aromatic rings. The van der Waals surface area contributed by atoms with Crippen molar-refractivity contribution >= 4 is 29.2 Å². The zero-order valence-corrected chi connectivity index (χ0v) is 17.2. The molecule has 0 unspecified atom stereocenters. The second kappa shape index (κ2) is 7.94. The molecule has 0 amide bonds. The first-order chi connectivity index (χ1) is 13.3.